The van der Waals surface area contributed by atoms with Crippen LogP contribution in [-0.2, 0) is 10.0 Å². The fourth-order valence-electron chi connectivity index (χ4n) is 2.12. The van der Waals surface area contributed by atoms with Crippen molar-refractivity contribution in [2.75, 3.05) is 18.0 Å². The first-order valence-corrected chi connectivity index (χ1v) is 9.08. The zero-order valence-corrected chi connectivity index (χ0v) is 13.0. The minimum atomic E-state index is -3.84. The van der Waals surface area contributed by atoms with Gasteiger partial charge in [-0.05, 0) is 24.7 Å². The topological polar surface area (TPSA) is 115 Å². The number of nitrogens with two attached hydrogens (primary N) is 1. The molecule has 3 N–H and O–H groups in total. The van der Waals surface area contributed by atoms with Crippen LogP contribution in [0.25, 0.3) is 0 Å². The first-order chi connectivity index (χ1) is 9.90. The quantitative estimate of drug-likeness (QED) is 0.482. The molecule has 1 aromatic rings. The molecule has 0 bridgehead atoms. The normalized spacial score (nSPS) is 19.3. The molecule has 0 spiro atoms. The van der Waals surface area contributed by atoms with Crippen LogP contribution in [0.5, 0.6) is 0 Å². The third-order valence-electron chi connectivity index (χ3n) is 3.27. The molecule has 1 aliphatic rings. The molecule has 7 nitrogen and oxygen atoms in total. The lowest BCUT2D eigenvalue weighted by molar-refractivity contribution is -0.385. The Morgan fingerprint density at radius 1 is 1.43 bits per heavy atom. The van der Waals surface area contributed by atoms with Crippen LogP contribution < -0.4 is 10.5 Å². The zero-order valence-electron chi connectivity index (χ0n) is 11.3. The Labute approximate surface area is 127 Å². The maximum Gasteiger partial charge on any atom is 0.270 e. The molecule has 0 amide bonds. The van der Waals surface area contributed by atoms with Gasteiger partial charge in [-0.2, -0.15) is 11.8 Å². The van der Waals surface area contributed by atoms with Gasteiger partial charge in [-0.15, -0.1) is 0 Å². The molecule has 1 aromatic carbocycles. The summed E-state index contributed by atoms with van der Waals surface area (Å²) in [6.45, 7) is 0.315. The van der Waals surface area contributed by atoms with E-state index in [0.29, 0.717) is 6.54 Å². The Hall–Kier alpha value is -1.32. The summed E-state index contributed by atoms with van der Waals surface area (Å²) in [6, 6.07) is 3.42. The average Bonchev–Trinajstić information content (AvgIpc) is 2.46. The smallest absolute Gasteiger partial charge is 0.270 e. The van der Waals surface area contributed by atoms with Gasteiger partial charge in [0.15, 0.2) is 0 Å². The number of non-ortho nitro benzene ring substituents is 1. The van der Waals surface area contributed by atoms with Gasteiger partial charge < -0.3 is 5.73 Å². The highest BCUT2D eigenvalue weighted by atomic mass is 32.2. The monoisotopic (exact) mass is 331 g/mol. The number of nitro groups is 1. The number of rotatable bonds is 5. The number of thioether (sulfide) groups is 1. The average molecular weight is 331 g/mol. The van der Waals surface area contributed by atoms with Crippen LogP contribution in [0, 0.1) is 10.1 Å². The molecule has 2 rings (SSSR count). The number of hydrogen-bond acceptors (Lipinski definition) is 6. The van der Waals surface area contributed by atoms with Crippen molar-refractivity contribution in [2.45, 2.75) is 29.4 Å². The number of anilines is 1. The van der Waals surface area contributed by atoms with Crippen molar-refractivity contribution in [3.05, 3.63) is 28.3 Å². The van der Waals surface area contributed by atoms with Crippen molar-refractivity contribution in [3.63, 3.8) is 0 Å². The fourth-order valence-corrected chi connectivity index (χ4v) is 4.69. The molecule has 0 saturated carbocycles. The first-order valence-electron chi connectivity index (χ1n) is 6.55. The Balaban J connectivity index is 2.14. The number of sulfonamides is 1. The second-order valence-corrected chi connectivity index (χ2v) is 7.96. The van der Waals surface area contributed by atoms with E-state index < -0.39 is 14.9 Å². The second kappa shape index (κ2) is 6.63. The van der Waals surface area contributed by atoms with E-state index in [1.807, 2.05) is 0 Å². The molecule has 1 aliphatic heterocycles. The van der Waals surface area contributed by atoms with Crippen LogP contribution >= 0.6 is 11.8 Å². The molecule has 9 heteroatoms. The van der Waals surface area contributed by atoms with E-state index in [0.717, 1.165) is 31.1 Å². The van der Waals surface area contributed by atoms with Crippen molar-refractivity contribution in [1.29, 1.82) is 0 Å². The third-order valence-corrected chi connectivity index (χ3v) is 6.15. The van der Waals surface area contributed by atoms with E-state index in [1.165, 1.54) is 12.1 Å². The third kappa shape index (κ3) is 4.08. The van der Waals surface area contributed by atoms with Gasteiger partial charge in [0.2, 0.25) is 10.0 Å². The number of hydrogen-bond donors (Lipinski definition) is 2. The van der Waals surface area contributed by atoms with Gasteiger partial charge in [0.1, 0.15) is 4.90 Å². The lowest BCUT2D eigenvalue weighted by atomic mass is 10.2. The minimum Gasteiger partial charge on any atom is -0.398 e. The lowest BCUT2D eigenvalue weighted by Crippen LogP contribution is -2.32. The number of nitrogen functional groups attached to an aromatic ring is 1. The van der Waals surface area contributed by atoms with Crippen LogP contribution in [0.3, 0.4) is 0 Å². The van der Waals surface area contributed by atoms with Crippen LogP contribution in [0.1, 0.15) is 19.3 Å². The first kappa shape index (κ1) is 16.1. The molecule has 1 atom stereocenters. The van der Waals surface area contributed by atoms with Crippen molar-refractivity contribution in [2.24, 2.45) is 0 Å². The summed E-state index contributed by atoms with van der Waals surface area (Å²) < 4.78 is 27.0. The molecule has 21 heavy (non-hydrogen) atoms. The predicted molar refractivity (Wildman–Crippen MR) is 82.8 cm³/mol. The van der Waals surface area contributed by atoms with Crippen LogP contribution in [0.4, 0.5) is 11.4 Å². The summed E-state index contributed by atoms with van der Waals surface area (Å²) in [7, 11) is -3.84. The fraction of sp³-hybridized carbons (Fsp3) is 0.500. The highest BCUT2D eigenvalue weighted by molar-refractivity contribution is 8.00. The van der Waals surface area contributed by atoms with Gasteiger partial charge in [-0.1, -0.05) is 6.42 Å². The van der Waals surface area contributed by atoms with Gasteiger partial charge in [-0.3, -0.25) is 10.1 Å². The highest BCUT2D eigenvalue weighted by Gasteiger charge is 2.23. The van der Waals surface area contributed by atoms with Gasteiger partial charge in [0.05, 0.1) is 10.6 Å². The second-order valence-electron chi connectivity index (χ2n) is 4.82. The van der Waals surface area contributed by atoms with E-state index in [1.54, 1.807) is 11.8 Å². The Bertz CT molecular complexity index is 627. The lowest BCUT2D eigenvalue weighted by Gasteiger charge is -2.21. The van der Waals surface area contributed by atoms with Gasteiger partial charge in [0.25, 0.3) is 5.69 Å². The summed E-state index contributed by atoms with van der Waals surface area (Å²) in [5.74, 6) is 1.03. The van der Waals surface area contributed by atoms with Gasteiger partial charge in [0, 0.05) is 23.9 Å². The molecule has 1 fully saturated rings. The molecule has 116 valence electrons. The molecule has 0 aromatic heterocycles. The molecule has 1 saturated heterocycles. The standard InChI is InChI=1S/C12H17N3O4S2/c13-11-5-4-9(15(16)17)7-12(11)21(18,19)14-8-10-3-1-2-6-20-10/h4-5,7,10,14H,1-3,6,8,13H2. The van der Waals surface area contributed by atoms with E-state index in [9.17, 15) is 18.5 Å². The summed E-state index contributed by atoms with van der Waals surface area (Å²) in [4.78, 5) is 9.86. The Morgan fingerprint density at radius 3 is 2.81 bits per heavy atom. The maximum atomic E-state index is 12.2. The van der Waals surface area contributed by atoms with Crippen molar-refractivity contribution >= 4 is 33.2 Å². The molecule has 0 radical (unpaired) electrons. The summed E-state index contributed by atoms with van der Waals surface area (Å²) in [5, 5.41) is 11.0. The summed E-state index contributed by atoms with van der Waals surface area (Å²) in [6.07, 6.45) is 3.22. The minimum absolute atomic E-state index is 0.00407. The van der Waals surface area contributed by atoms with Crippen LogP contribution in [0.2, 0.25) is 0 Å². The number of benzene rings is 1. The summed E-state index contributed by atoms with van der Waals surface area (Å²) >= 11 is 1.74. The van der Waals surface area contributed by atoms with Gasteiger partial charge in [-0.25, -0.2) is 13.1 Å². The van der Waals surface area contributed by atoms with Crippen molar-refractivity contribution < 1.29 is 13.3 Å². The number of nitro benzene ring substituents is 1. The largest absolute Gasteiger partial charge is 0.398 e. The van der Waals surface area contributed by atoms with E-state index in [-0.39, 0.29) is 21.5 Å². The SMILES string of the molecule is Nc1ccc([N+](=O)[O-])cc1S(=O)(=O)NCC1CCCCS1. The predicted octanol–water partition coefficient (Wildman–Crippen LogP) is 1.74. The Kier molecular flexibility index (Phi) is 5.07. The highest BCUT2D eigenvalue weighted by Crippen LogP contribution is 2.26. The number of nitrogens with zero attached hydrogens (tertiary/aromatic N) is 1. The number of nitrogens with one attached hydrogen (secondary N) is 1. The molecule has 1 unspecified atom stereocenters. The molecule has 0 aliphatic carbocycles. The Morgan fingerprint density at radius 2 is 2.19 bits per heavy atom. The van der Waals surface area contributed by atoms with Crippen molar-refractivity contribution in [1.82, 2.24) is 4.72 Å². The van der Waals surface area contributed by atoms with Crippen LogP contribution in [0.15, 0.2) is 23.1 Å². The molecular weight excluding hydrogens is 314 g/mol. The van der Waals surface area contributed by atoms with E-state index in [4.69, 9.17) is 5.73 Å². The van der Waals surface area contributed by atoms with E-state index in [2.05, 4.69) is 4.72 Å². The van der Waals surface area contributed by atoms with E-state index >= 15 is 0 Å². The van der Waals surface area contributed by atoms with Crippen LogP contribution in [-0.4, -0.2) is 30.9 Å². The van der Waals surface area contributed by atoms with Crippen molar-refractivity contribution in [3.8, 4) is 0 Å². The molecule has 1 heterocycles. The molecular formula is C12H17N3O4S2. The van der Waals surface area contributed by atoms with Gasteiger partial charge >= 0.3 is 0 Å². The zero-order chi connectivity index (χ0) is 15.5. The summed E-state index contributed by atoms with van der Waals surface area (Å²) in [5.41, 5.74) is 5.35. The maximum absolute atomic E-state index is 12.2.